The van der Waals surface area contributed by atoms with E-state index in [4.69, 9.17) is 9.44 Å². The van der Waals surface area contributed by atoms with Gasteiger partial charge in [0.25, 0.3) is 0 Å². The van der Waals surface area contributed by atoms with Gasteiger partial charge < -0.3 is 4.18 Å². The van der Waals surface area contributed by atoms with Crippen molar-refractivity contribution in [1.29, 1.82) is 5.26 Å². The van der Waals surface area contributed by atoms with Crippen molar-refractivity contribution in [3.63, 3.8) is 0 Å². The molecule has 1 heterocycles. The van der Waals surface area contributed by atoms with E-state index in [-0.39, 0.29) is 16.2 Å². The van der Waals surface area contributed by atoms with E-state index in [2.05, 4.69) is 4.98 Å². The minimum atomic E-state index is -4.03. The highest BCUT2D eigenvalue weighted by molar-refractivity contribution is 7.87. The number of aromatic nitrogens is 1. The lowest BCUT2D eigenvalue weighted by Gasteiger charge is -2.09. The molecule has 0 N–H and O–H groups in total. The Morgan fingerprint density at radius 2 is 1.82 bits per heavy atom. The first-order valence-corrected chi connectivity index (χ1v) is 7.79. The van der Waals surface area contributed by atoms with Crippen LogP contribution >= 0.6 is 0 Å². The molecule has 1 aromatic heterocycles. The second-order valence-electron chi connectivity index (χ2n) is 4.51. The van der Waals surface area contributed by atoms with Crippen LogP contribution in [0.4, 0.5) is 0 Å². The molecule has 3 aromatic rings. The first-order chi connectivity index (χ1) is 10.6. The molecule has 3 rings (SSSR count). The number of nitriles is 1. The predicted octanol–water partition coefficient (Wildman–Crippen LogP) is 2.87. The number of rotatable bonds is 3. The number of hydrogen-bond donors (Lipinski definition) is 0. The summed E-state index contributed by atoms with van der Waals surface area (Å²) in [4.78, 5) is 4.08. The molecule has 0 amide bonds. The summed E-state index contributed by atoms with van der Waals surface area (Å²) < 4.78 is 29.9. The molecule has 0 saturated carbocycles. The summed E-state index contributed by atoms with van der Waals surface area (Å²) in [5.41, 5.74) is 0.714. The fraction of sp³-hybridized carbons (Fsp3) is 0. The van der Waals surface area contributed by atoms with Crippen LogP contribution in [0.3, 0.4) is 0 Å². The Morgan fingerprint density at radius 1 is 1.05 bits per heavy atom. The molecule has 0 aliphatic carbocycles. The van der Waals surface area contributed by atoms with Gasteiger partial charge in [0, 0.05) is 11.6 Å². The standard InChI is InChI=1S/C16H10N2O3S/c17-11-12-4-1-7-14(10-12)22(19,20)21-15-8-2-5-13-6-3-9-18-16(13)15/h1-10H. The van der Waals surface area contributed by atoms with E-state index in [9.17, 15) is 8.42 Å². The maximum atomic E-state index is 12.4. The van der Waals surface area contributed by atoms with Crippen LogP contribution in [-0.4, -0.2) is 13.4 Å². The van der Waals surface area contributed by atoms with E-state index >= 15 is 0 Å². The molecule has 0 atom stereocenters. The van der Waals surface area contributed by atoms with Gasteiger partial charge in [-0.15, -0.1) is 0 Å². The van der Waals surface area contributed by atoms with Crippen molar-refractivity contribution >= 4 is 21.0 Å². The van der Waals surface area contributed by atoms with Gasteiger partial charge in [0.2, 0.25) is 0 Å². The average molecular weight is 310 g/mol. The number of hydrogen-bond acceptors (Lipinski definition) is 5. The molecule has 0 saturated heterocycles. The maximum Gasteiger partial charge on any atom is 0.339 e. The van der Waals surface area contributed by atoms with Gasteiger partial charge in [0.05, 0.1) is 11.6 Å². The monoisotopic (exact) mass is 310 g/mol. The summed E-state index contributed by atoms with van der Waals surface area (Å²) in [7, 11) is -4.03. The summed E-state index contributed by atoms with van der Waals surface area (Å²) in [5.74, 6) is 0.153. The predicted molar refractivity (Wildman–Crippen MR) is 80.7 cm³/mol. The summed E-state index contributed by atoms with van der Waals surface area (Å²) >= 11 is 0. The van der Waals surface area contributed by atoms with Crippen molar-refractivity contribution in [3.8, 4) is 11.8 Å². The number of benzene rings is 2. The van der Waals surface area contributed by atoms with Crippen molar-refractivity contribution in [1.82, 2.24) is 4.98 Å². The normalized spacial score (nSPS) is 11.0. The van der Waals surface area contributed by atoms with Gasteiger partial charge in [-0.05, 0) is 30.3 Å². The smallest absolute Gasteiger partial charge is 0.339 e. The quantitative estimate of drug-likeness (QED) is 0.695. The SMILES string of the molecule is N#Cc1cccc(S(=O)(=O)Oc2cccc3cccnc23)c1. The molecule has 0 aliphatic heterocycles. The molecule has 0 unspecified atom stereocenters. The molecular formula is C16H10N2O3S. The highest BCUT2D eigenvalue weighted by Crippen LogP contribution is 2.26. The van der Waals surface area contributed by atoms with Gasteiger partial charge >= 0.3 is 10.1 Å². The van der Waals surface area contributed by atoms with E-state index in [0.29, 0.717) is 5.52 Å². The van der Waals surface area contributed by atoms with Crippen molar-refractivity contribution in [3.05, 3.63) is 66.4 Å². The topological polar surface area (TPSA) is 80.0 Å². The fourth-order valence-corrected chi connectivity index (χ4v) is 3.01. The second kappa shape index (κ2) is 5.47. The van der Waals surface area contributed by atoms with Crippen molar-refractivity contribution in [2.24, 2.45) is 0 Å². The lowest BCUT2D eigenvalue weighted by Crippen LogP contribution is -2.10. The fourth-order valence-electron chi connectivity index (χ4n) is 2.03. The van der Waals surface area contributed by atoms with E-state index in [1.165, 1.54) is 24.3 Å². The summed E-state index contributed by atoms with van der Waals surface area (Å²) in [6, 6.07) is 16.2. The first kappa shape index (κ1) is 14.0. The highest BCUT2D eigenvalue weighted by Gasteiger charge is 2.18. The summed E-state index contributed by atoms with van der Waals surface area (Å²) in [6.45, 7) is 0. The van der Waals surface area contributed by atoms with Crippen LogP contribution in [0.1, 0.15) is 5.56 Å². The minimum absolute atomic E-state index is 0.0699. The molecule has 0 radical (unpaired) electrons. The lowest BCUT2D eigenvalue weighted by atomic mass is 10.2. The minimum Gasteiger partial charge on any atom is -0.377 e. The third-order valence-electron chi connectivity index (χ3n) is 3.05. The molecule has 108 valence electrons. The van der Waals surface area contributed by atoms with Crippen molar-refractivity contribution in [2.45, 2.75) is 4.90 Å². The Morgan fingerprint density at radius 3 is 2.64 bits per heavy atom. The van der Waals surface area contributed by atoms with Crippen LogP contribution in [0, 0.1) is 11.3 Å². The molecule has 0 spiro atoms. The van der Waals surface area contributed by atoms with Crippen LogP contribution in [-0.2, 0) is 10.1 Å². The van der Waals surface area contributed by atoms with Crippen LogP contribution in [0.2, 0.25) is 0 Å². The van der Waals surface area contributed by atoms with Gasteiger partial charge in [-0.3, -0.25) is 4.98 Å². The van der Waals surface area contributed by atoms with Crippen LogP contribution in [0.25, 0.3) is 10.9 Å². The Kier molecular flexibility index (Phi) is 3.49. The van der Waals surface area contributed by atoms with Crippen molar-refractivity contribution < 1.29 is 12.6 Å². The van der Waals surface area contributed by atoms with Gasteiger partial charge in [-0.1, -0.05) is 24.3 Å². The van der Waals surface area contributed by atoms with Crippen LogP contribution in [0.5, 0.6) is 5.75 Å². The third-order valence-corrected chi connectivity index (χ3v) is 4.28. The summed E-state index contributed by atoms with van der Waals surface area (Å²) in [5, 5.41) is 9.64. The first-order valence-electron chi connectivity index (χ1n) is 6.38. The van der Waals surface area contributed by atoms with Gasteiger partial charge in [-0.25, -0.2) is 0 Å². The van der Waals surface area contributed by atoms with Gasteiger partial charge in [0.1, 0.15) is 10.4 Å². The largest absolute Gasteiger partial charge is 0.377 e. The molecule has 0 bridgehead atoms. The molecule has 0 fully saturated rings. The molecule has 6 heteroatoms. The van der Waals surface area contributed by atoms with E-state index in [1.54, 1.807) is 24.4 Å². The van der Waals surface area contributed by atoms with E-state index in [1.807, 2.05) is 18.2 Å². The molecule has 2 aromatic carbocycles. The lowest BCUT2D eigenvalue weighted by molar-refractivity contribution is 0.488. The number of pyridine rings is 1. The Hall–Kier alpha value is -2.91. The van der Waals surface area contributed by atoms with Crippen LogP contribution < -0.4 is 4.18 Å². The van der Waals surface area contributed by atoms with Crippen LogP contribution in [0.15, 0.2) is 65.7 Å². The average Bonchev–Trinajstić information content (AvgIpc) is 2.55. The highest BCUT2D eigenvalue weighted by atomic mass is 32.2. The van der Waals surface area contributed by atoms with E-state index < -0.39 is 10.1 Å². The van der Waals surface area contributed by atoms with Crippen molar-refractivity contribution in [2.75, 3.05) is 0 Å². The zero-order chi connectivity index (χ0) is 15.6. The molecule has 0 aliphatic rings. The zero-order valence-electron chi connectivity index (χ0n) is 11.3. The van der Waals surface area contributed by atoms with Gasteiger partial charge in [0.15, 0.2) is 5.75 Å². The van der Waals surface area contributed by atoms with E-state index in [0.717, 1.165) is 5.39 Å². The summed E-state index contributed by atoms with van der Waals surface area (Å²) in [6.07, 6.45) is 1.57. The third kappa shape index (κ3) is 2.62. The number of para-hydroxylation sites is 1. The zero-order valence-corrected chi connectivity index (χ0v) is 12.1. The second-order valence-corrected chi connectivity index (χ2v) is 6.05. The Balaban J connectivity index is 2.05. The number of fused-ring (bicyclic) bond motifs is 1. The van der Waals surface area contributed by atoms with Gasteiger partial charge in [-0.2, -0.15) is 13.7 Å². The molecular weight excluding hydrogens is 300 g/mol. The maximum absolute atomic E-state index is 12.4. The molecule has 5 nitrogen and oxygen atoms in total. The number of nitrogens with zero attached hydrogens (tertiary/aromatic N) is 2. The Bertz CT molecular complexity index is 986. The molecule has 22 heavy (non-hydrogen) atoms. The Labute approximate surface area is 127 Å².